The number of hydrogen-bond acceptors (Lipinski definition) is 6. The number of halogens is 1. The average Bonchev–Trinajstić information content (AvgIpc) is 3.38. The van der Waals surface area contributed by atoms with E-state index in [0.717, 1.165) is 51.1 Å². The molecule has 1 atom stereocenters. The smallest absolute Gasteiger partial charge is 0.268 e. The molecule has 0 spiro atoms. The minimum absolute atomic E-state index is 0.238. The number of imidazole rings is 1. The number of nitrogens with zero attached hydrogens (tertiary/aromatic N) is 3. The van der Waals surface area contributed by atoms with Gasteiger partial charge in [0.25, 0.3) is 5.91 Å². The van der Waals surface area contributed by atoms with Crippen molar-refractivity contribution in [1.82, 2.24) is 14.5 Å². The van der Waals surface area contributed by atoms with Crippen LogP contribution in [-0.4, -0.2) is 27.0 Å². The fourth-order valence-electron chi connectivity index (χ4n) is 3.96. The molecule has 0 saturated heterocycles. The van der Waals surface area contributed by atoms with E-state index in [-0.39, 0.29) is 5.91 Å². The number of benzene rings is 1. The van der Waals surface area contributed by atoms with Crippen LogP contribution in [0.5, 0.6) is 5.75 Å². The first-order chi connectivity index (χ1) is 16.5. The quantitative estimate of drug-likeness (QED) is 0.261. The van der Waals surface area contributed by atoms with Crippen LogP contribution < -0.4 is 15.8 Å². The van der Waals surface area contributed by atoms with Crippen molar-refractivity contribution in [3.8, 4) is 16.2 Å². The molecule has 3 N–H and O–H groups in total. The number of rotatable bonds is 0. The zero-order valence-corrected chi connectivity index (χ0v) is 21.9. The largest absolute Gasteiger partial charge is 0.493 e. The molecule has 0 aliphatic carbocycles. The molecule has 4 heterocycles. The van der Waals surface area contributed by atoms with Gasteiger partial charge in [-0.3, -0.25) is 15.1 Å². The number of pyridine rings is 1. The van der Waals surface area contributed by atoms with Crippen molar-refractivity contribution in [2.24, 2.45) is 5.92 Å². The van der Waals surface area contributed by atoms with E-state index in [1.165, 1.54) is 11.3 Å². The van der Waals surface area contributed by atoms with Crippen LogP contribution in [-0.2, 0) is 6.54 Å². The van der Waals surface area contributed by atoms with E-state index in [2.05, 4.69) is 37.7 Å². The molecule has 178 valence electrons. The standard InChI is InChI=1S/C23H22BrN5O2S.C2H6/c1-13-3-2-8-31-19-6-7-26-11-15(19)21-16(25)10-20(32-21)22(30)28-23-27-17-5-4-14(24)9-18(17)29(23)12-13;1-2/h4-7,9-11,13H,2-3,8,12,25H2,1H3,(H,27,28,30);1-2H3. The summed E-state index contributed by atoms with van der Waals surface area (Å²) in [7, 11) is 0. The fourth-order valence-corrected chi connectivity index (χ4v) is 5.30. The van der Waals surface area contributed by atoms with Gasteiger partial charge in [-0.15, -0.1) is 11.3 Å². The summed E-state index contributed by atoms with van der Waals surface area (Å²) < 4.78 is 9.14. The number of fused-ring (bicyclic) bond motifs is 7. The third-order valence-corrected chi connectivity index (χ3v) is 7.22. The first-order valence-corrected chi connectivity index (χ1v) is 13.0. The highest BCUT2D eigenvalue weighted by Crippen LogP contribution is 2.40. The predicted molar refractivity (Wildman–Crippen MR) is 143 cm³/mol. The molecule has 1 amide bonds. The first kappa shape index (κ1) is 24.2. The number of hydrogen-bond donors (Lipinski definition) is 2. The Morgan fingerprint density at radius 3 is 2.91 bits per heavy atom. The number of nitrogens with one attached hydrogen (secondary N) is 1. The van der Waals surface area contributed by atoms with Gasteiger partial charge in [0.1, 0.15) is 5.75 Å². The van der Waals surface area contributed by atoms with Gasteiger partial charge in [0, 0.05) is 23.4 Å². The van der Waals surface area contributed by atoms with Crippen LogP contribution in [0.1, 0.15) is 43.3 Å². The number of nitrogens with two attached hydrogens (primary N) is 1. The van der Waals surface area contributed by atoms with Gasteiger partial charge in [-0.1, -0.05) is 36.7 Å². The van der Waals surface area contributed by atoms with E-state index in [1.807, 2.05) is 38.1 Å². The van der Waals surface area contributed by atoms with E-state index in [9.17, 15) is 4.79 Å². The van der Waals surface area contributed by atoms with Crippen LogP contribution in [0, 0.1) is 5.92 Å². The first-order valence-electron chi connectivity index (χ1n) is 11.4. The molecule has 0 radical (unpaired) electrons. The molecule has 0 saturated carbocycles. The second-order valence-electron chi connectivity index (χ2n) is 8.00. The predicted octanol–water partition coefficient (Wildman–Crippen LogP) is 6.59. The Balaban J connectivity index is 0.00000133. The number of ether oxygens (including phenoxy) is 1. The lowest BCUT2D eigenvalue weighted by Gasteiger charge is -2.16. The van der Waals surface area contributed by atoms with Crippen LogP contribution >= 0.6 is 27.3 Å². The topological polar surface area (TPSA) is 95.1 Å². The second kappa shape index (κ2) is 10.6. The van der Waals surface area contributed by atoms with Crippen LogP contribution in [0.2, 0.25) is 0 Å². The van der Waals surface area contributed by atoms with Crippen LogP contribution in [0.25, 0.3) is 21.5 Å². The van der Waals surface area contributed by atoms with E-state index in [0.29, 0.717) is 29.0 Å². The minimum Gasteiger partial charge on any atom is -0.493 e. The monoisotopic (exact) mass is 541 g/mol. The number of aromatic nitrogens is 3. The van der Waals surface area contributed by atoms with Gasteiger partial charge < -0.3 is 15.0 Å². The number of nitrogen functional groups attached to an aromatic ring is 1. The highest BCUT2D eigenvalue weighted by Gasteiger charge is 2.21. The summed E-state index contributed by atoms with van der Waals surface area (Å²) in [4.78, 5) is 23.4. The molecule has 4 aromatic rings. The summed E-state index contributed by atoms with van der Waals surface area (Å²) in [5, 5.41) is 3.01. The van der Waals surface area contributed by atoms with Crippen molar-refractivity contribution in [3.05, 3.63) is 52.1 Å². The highest BCUT2D eigenvalue weighted by atomic mass is 79.9. The third-order valence-electron chi connectivity index (χ3n) is 5.54. The molecule has 7 nitrogen and oxygen atoms in total. The molecule has 2 bridgehead atoms. The Hall–Kier alpha value is -2.91. The van der Waals surface area contributed by atoms with Gasteiger partial charge in [0.2, 0.25) is 5.95 Å². The Morgan fingerprint density at radius 2 is 2.09 bits per heavy atom. The van der Waals surface area contributed by atoms with Gasteiger partial charge in [-0.25, -0.2) is 4.98 Å². The molecule has 3 aromatic heterocycles. The summed E-state index contributed by atoms with van der Waals surface area (Å²) >= 11 is 4.88. The van der Waals surface area contributed by atoms with Gasteiger partial charge >= 0.3 is 0 Å². The maximum absolute atomic E-state index is 13.2. The number of carbonyl (C=O) groups is 1. The van der Waals surface area contributed by atoms with Crippen LogP contribution in [0.3, 0.4) is 0 Å². The maximum Gasteiger partial charge on any atom is 0.268 e. The summed E-state index contributed by atoms with van der Waals surface area (Å²) in [5.41, 5.74) is 9.43. The lowest BCUT2D eigenvalue weighted by molar-refractivity contribution is 0.102. The van der Waals surface area contributed by atoms with Crippen molar-refractivity contribution in [3.63, 3.8) is 0 Å². The summed E-state index contributed by atoms with van der Waals surface area (Å²) in [6, 6.07) is 9.48. The zero-order valence-electron chi connectivity index (χ0n) is 19.5. The number of anilines is 2. The summed E-state index contributed by atoms with van der Waals surface area (Å²) in [6.07, 6.45) is 5.32. The zero-order chi connectivity index (χ0) is 24.2. The molecule has 5 rings (SSSR count). The van der Waals surface area contributed by atoms with Gasteiger partial charge in [-0.05, 0) is 49.1 Å². The van der Waals surface area contributed by atoms with E-state index < -0.39 is 0 Å². The van der Waals surface area contributed by atoms with Crippen molar-refractivity contribution in [2.75, 3.05) is 17.7 Å². The number of thiophene rings is 1. The van der Waals surface area contributed by atoms with Gasteiger partial charge in [0.05, 0.1) is 38.6 Å². The number of amides is 1. The molecule has 1 unspecified atom stereocenters. The lowest BCUT2D eigenvalue weighted by Crippen LogP contribution is -2.17. The van der Waals surface area contributed by atoms with E-state index in [1.54, 1.807) is 18.5 Å². The van der Waals surface area contributed by atoms with Crippen molar-refractivity contribution < 1.29 is 9.53 Å². The molecular formula is C25H28BrN5O2S. The van der Waals surface area contributed by atoms with E-state index >= 15 is 0 Å². The van der Waals surface area contributed by atoms with Crippen LogP contribution in [0.4, 0.5) is 11.6 Å². The van der Waals surface area contributed by atoms with Crippen molar-refractivity contribution in [2.45, 2.75) is 40.2 Å². The second-order valence-corrected chi connectivity index (χ2v) is 9.96. The number of carbonyl (C=O) groups excluding carboxylic acids is 1. The van der Waals surface area contributed by atoms with Crippen LogP contribution in [0.15, 0.2) is 47.2 Å². The Kier molecular flexibility index (Phi) is 7.53. The minimum atomic E-state index is -0.238. The third kappa shape index (κ3) is 4.95. The van der Waals surface area contributed by atoms with Crippen molar-refractivity contribution >= 4 is 55.8 Å². The van der Waals surface area contributed by atoms with Crippen molar-refractivity contribution in [1.29, 1.82) is 0 Å². The normalized spacial score (nSPS) is 16.1. The Labute approximate surface area is 211 Å². The molecule has 9 heteroatoms. The average molecular weight is 543 g/mol. The Bertz CT molecular complexity index is 1320. The van der Waals surface area contributed by atoms with E-state index in [4.69, 9.17) is 15.5 Å². The molecule has 1 aromatic carbocycles. The SMILES string of the molecule is CC.CC1CCCOc2ccncc2-c2sc(cc2N)C(=O)Nc2nc3ccc(Br)cc3n2C1. The Morgan fingerprint density at radius 1 is 1.26 bits per heavy atom. The highest BCUT2D eigenvalue weighted by molar-refractivity contribution is 9.10. The van der Waals surface area contributed by atoms with Gasteiger partial charge in [-0.2, -0.15) is 0 Å². The fraction of sp³-hybridized carbons (Fsp3) is 0.320. The molecule has 34 heavy (non-hydrogen) atoms. The summed E-state index contributed by atoms with van der Waals surface area (Å²) in [5.74, 6) is 1.40. The maximum atomic E-state index is 13.2. The molecule has 0 fully saturated rings. The summed E-state index contributed by atoms with van der Waals surface area (Å²) in [6.45, 7) is 7.54. The molecular weight excluding hydrogens is 514 g/mol. The molecule has 1 aliphatic rings. The van der Waals surface area contributed by atoms with Gasteiger partial charge in [0.15, 0.2) is 0 Å². The lowest BCUT2D eigenvalue weighted by atomic mass is 10.1. The molecule has 1 aliphatic heterocycles.